The van der Waals surface area contributed by atoms with E-state index in [2.05, 4.69) is 64.4 Å². The highest BCUT2D eigenvalue weighted by Gasteiger charge is 2.22. The number of benzene rings is 1. The summed E-state index contributed by atoms with van der Waals surface area (Å²) in [6.07, 6.45) is 2.64. The summed E-state index contributed by atoms with van der Waals surface area (Å²) in [4.78, 5) is 2.61. The van der Waals surface area contributed by atoms with Gasteiger partial charge in [-0.2, -0.15) is 0 Å². The van der Waals surface area contributed by atoms with Crippen LogP contribution in [0.1, 0.15) is 31.4 Å². The van der Waals surface area contributed by atoms with E-state index < -0.39 is 0 Å². The minimum absolute atomic E-state index is 0.536. The molecule has 1 atom stereocenters. The summed E-state index contributed by atoms with van der Waals surface area (Å²) in [6, 6.07) is 9.27. The van der Waals surface area contributed by atoms with Crippen LogP contribution in [0.4, 0.5) is 0 Å². The van der Waals surface area contributed by atoms with E-state index in [0.29, 0.717) is 6.04 Å². The normalized spacial score (nSPS) is 19.9. The third-order valence-electron chi connectivity index (χ3n) is 4.04. The number of hydrogen-bond acceptors (Lipinski definition) is 2. The zero-order valence-corrected chi connectivity index (χ0v) is 12.9. The first-order valence-electron chi connectivity index (χ1n) is 6.85. The Morgan fingerprint density at radius 2 is 1.89 bits per heavy atom. The summed E-state index contributed by atoms with van der Waals surface area (Å²) in [5, 5.41) is 3.30. The molecule has 2 rings (SSSR count). The Morgan fingerprint density at radius 3 is 2.44 bits per heavy atom. The van der Waals surface area contributed by atoms with Gasteiger partial charge in [0.15, 0.2) is 0 Å². The number of rotatable bonds is 4. The Kier molecular flexibility index (Phi) is 5.22. The second kappa shape index (κ2) is 6.69. The molecule has 2 nitrogen and oxygen atoms in total. The molecule has 3 heteroatoms. The minimum Gasteiger partial charge on any atom is -0.319 e. The van der Waals surface area contributed by atoms with Gasteiger partial charge in [0.1, 0.15) is 0 Å². The standard InChI is InChI=1S/C15H23BrN2/c1-12(14-3-5-15(16)6-4-14)18-9-7-13(8-10-18)11-17-2/h3-6,12-13,17H,7-11H2,1-2H3. The van der Waals surface area contributed by atoms with Gasteiger partial charge in [-0.3, -0.25) is 4.90 Å². The van der Waals surface area contributed by atoms with Crippen molar-refractivity contribution in [1.82, 2.24) is 10.2 Å². The molecule has 1 aromatic rings. The first-order chi connectivity index (χ1) is 8.70. The maximum atomic E-state index is 3.50. The van der Waals surface area contributed by atoms with Gasteiger partial charge >= 0.3 is 0 Å². The number of halogens is 1. The minimum atomic E-state index is 0.536. The molecule has 1 aromatic carbocycles. The van der Waals surface area contributed by atoms with Gasteiger partial charge in [-0.05, 0) is 70.1 Å². The lowest BCUT2D eigenvalue weighted by Crippen LogP contribution is -2.38. The van der Waals surface area contributed by atoms with Crippen molar-refractivity contribution in [1.29, 1.82) is 0 Å². The van der Waals surface area contributed by atoms with Gasteiger partial charge < -0.3 is 5.32 Å². The molecule has 1 fully saturated rings. The Morgan fingerprint density at radius 1 is 1.28 bits per heavy atom. The van der Waals surface area contributed by atoms with Crippen molar-refractivity contribution in [2.45, 2.75) is 25.8 Å². The monoisotopic (exact) mass is 310 g/mol. The third-order valence-corrected chi connectivity index (χ3v) is 4.57. The lowest BCUT2D eigenvalue weighted by atomic mass is 9.94. The first-order valence-corrected chi connectivity index (χ1v) is 7.64. The van der Waals surface area contributed by atoms with Gasteiger partial charge in [-0.15, -0.1) is 0 Å². The molecule has 0 saturated carbocycles. The molecule has 1 N–H and O–H groups in total. The topological polar surface area (TPSA) is 15.3 Å². The molecule has 1 aliphatic rings. The van der Waals surface area contributed by atoms with Crippen LogP contribution in [0.5, 0.6) is 0 Å². The lowest BCUT2D eigenvalue weighted by Gasteiger charge is -2.36. The van der Waals surface area contributed by atoms with E-state index >= 15 is 0 Å². The van der Waals surface area contributed by atoms with Crippen molar-refractivity contribution < 1.29 is 0 Å². The van der Waals surface area contributed by atoms with Crippen LogP contribution in [0.15, 0.2) is 28.7 Å². The van der Waals surface area contributed by atoms with Crippen molar-refractivity contribution >= 4 is 15.9 Å². The summed E-state index contributed by atoms with van der Waals surface area (Å²) in [7, 11) is 2.05. The molecular formula is C15H23BrN2. The fourth-order valence-electron chi connectivity index (χ4n) is 2.79. The SMILES string of the molecule is CNCC1CCN(C(C)c2ccc(Br)cc2)CC1. The highest BCUT2D eigenvalue weighted by molar-refractivity contribution is 9.10. The van der Waals surface area contributed by atoms with Crippen LogP contribution < -0.4 is 5.32 Å². The van der Waals surface area contributed by atoms with Crippen molar-refractivity contribution in [2.24, 2.45) is 5.92 Å². The maximum Gasteiger partial charge on any atom is 0.0319 e. The van der Waals surface area contributed by atoms with Crippen LogP contribution in [-0.4, -0.2) is 31.6 Å². The van der Waals surface area contributed by atoms with Crippen LogP contribution in [0.25, 0.3) is 0 Å². The summed E-state index contributed by atoms with van der Waals surface area (Å²) >= 11 is 3.50. The Balaban J connectivity index is 1.91. The first kappa shape index (κ1) is 14.0. The van der Waals surface area contributed by atoms with Gasteiger partial charge in [-0.1, -0.05) is 28.1 Å². The fraction of sp³-hybridized carbons (Fsp3) is 0.600. The van der Waals surface area contributed by atoms with Gasteiger partial charge in [0.25, 0.3) is 0 Å². The van der Waals surface area contributed by atoms with Crippen LogP contribution in [0.3, 0.4) is 0 Å². The maximum absolute atomic E-state index is 3.50. The lowest BCUT2D eigenvalue weighted by molar-refractivity contribution is 0.141. The second-order valence-corrected chi connectivity index (χ2v) is 6.18. The van der Waals surface area contributed by atoms with Crippen LogP contribution >= 0.6 is 15.9 Å². The largest absolute Gasteiger partial charge is 0.319 e. The van der Waals surface area contributed by atoms with Crippen molar-refractivity contribution in [2.75, 3.05) is 26.7 Å². The molecule has 0 amide bonds. The summed E-state index contributed by atoms with van der Waals surface area (Å²) in [5.74, 6) is 0.864. The van der Waals surface area contributed by atoms with E-state index in [-0.39, 0.29) is 0 Å². The molecule has 0 spiro atoms. The quantitative estimate of drug-likeness (QED) is 0.916. The van der Waals surface area contributed by atoms with Crippen molar-refractivity contribution in [3.63, 3.8) is 0 Å². The average Bonchev–Trinajstić information content (AvgIpc) is 2.40. The summed E-state index contributed by atoms with van der Waals surface area (Å²) in [5.41, 5.74) is 1.42. The number of hydrogen-bond donors (Lipinski definition) is 1. The van der Waals surface area contributed by atoms with E-state index in [4.69, 9.17) is 0 Å². The average molecular weight is 311 g/mol. The molecule has 0 radical (unpaired) electrons. The fourth-order valence-corrected chi connectivity index (χ4v) is 3.05. The predicted octanol–water partition coefficient (Wildman–Crippen LogP) is 3.44. The van der Waals surface area contributed by atoms with E-state index in [1.165, 1.54) is 38.0 Å². The highest BCUT2D eigenvalue weighted by Crippen LogP contribution is 2.27. The van der Waals surface area contributed by atoms with Gasteiger partial charge in [0.05, 0.1) is 0 Å². The molecule has 1 saturated heterocycles. The van der Waals surface area contributed by atoms with Crippen LogP contribution in [0, 0.1) is 5.92 Å². The predicted molar refractivity (Wildman–Crippen MR) is 80.8 cm³/mol. The Hall–Kier alpha value is -0.380. The molecule has 0 bridgehead atoms. The van der Waals surface area contributed by atoms with Crippen LogP contribution in [-0.2, 0) is 0 Å². The summed E-state index contributed by atoms with van der Waals surface area (Å²) in [6.45, 7) is 5.94. The van der Waals surface area contributed by atoms with E-state index in [0.717, 1.165) is 10.4 Å². The Bertz CT molecular complexity index is 355. The number of likely N-dealkylation sites (tertiary alicyclic amines) is 1. The van der Waals surface area contributed by atoms with E-state index in [1.54, 1.807) is 0 Å². The van der Waals surface area contributed by atoms with E-state index in [9.17, 15) is 0 Å². The van der Waals surface area contributed by atoms with Gasteiger partial charge in [-0.25, -0.2) is 0 Å². The number of piperidine rings is 1. The van der Waals surface area contributed by atoms with Crippen LogP contribution in [0.2, 0.25) is 0 Å². The smallest absolute Gasteiger partial charge is 0.0319 e. The zero-order chi connectivity index (χ0) is 13.0. The molecule has 18 heavy (non-hydrogen) atoms. The molecule has 1 heterocycles. The molecule has 1 aliphatic heterocycles. The van der Waals surface area contributed by atoms with Crippen molar-refractivity contribution in [3.8, 4) is 0 Å². The highest BCUT2D eigenvalue weighted by atomic mass is 79.9. The van der Waals surface area contributed by atoms with Gasteiger partial charge in [0.2, 0.25) is 0 Å². The number of nitrogens with one attached hydrogen (secondary N) is 1. The number of nitrogens with zero attached hydrogens (tertiary/aromatic N) is 1. The van der Waals surface area contributed by atoms with Gasteiger partial charge in [0, 0.05) is 10.5 Å². The van der Waals surface area contributed by atoms with E-state index in [1.807, 2.05) is 0 Å². The molecule has 100 valence electrons. The third kappa shape index (κ3) is 3.56. The zero-order valence-electron chi connectivity index (χ0n) is 11.3. The molecular weight excluding hydrogens is 288 g/mol. The molecule has 0 aliphatic carbocycles. The van der Waals surface area contributed by atoms with Crippen molar-refractivity contribution in [3.05, 3.63) is 34.3 Å². The summed E-state index contributed by atoms with van der Waals surface area (Å²) < 4.78 is 1.16. The molecule has 0 aromatic heterocycles. The second-order valence-electron chi connectivity index (χ2n) is 5.26. The molecule has 1 unspecified atom stereocenters. The Labute approximate surface area is 119 Å².